The molecule has 1 aliphatic carbocycles. The third-order valence-electron chi connectivity index (χ3n) is 1.73. The number of nitrogens with zero attached hydrogens (tertiary/aromatic N) is 2. The molecule has 1 saturated carbocycles. The van der Waals surface area contributed by atoms with Crippen molar-refractivity contribution in [2.75, 3.05) is 5.73 Å². The first-order chi connectivity index (χ1) is 5.27. The minimum absolute atomic E-state index is 0.377. The first-order valence-electron chi connectivity index (χ1n) is 3.55. The molecule has 11 heavy (non-hydrogen) atoms. The van der Waals surface area contributed by atoms with E-state index in [1.807, 2.05) is 0 Å². The van der Waals surface area contributed by atoms with Crippen molar-refractivity contribution in [3.8, 4) is 0 Å². The van der Waals surface area contributed by atoms with Gasteiger partial charge in [0.05, 0.1) is 11.9 Å². The Morgan fingerprint density at radius 2 is 2.27 bits per heavy atom. The van der Waals surface area contributed by atoms with E-state index in [9.17, 15) is 0 Å². The number of aromatic nitrogens is 2. The Balaban J connectivity index is 2.36. The summed E-state index contributed by atoms with van der Waals surface area (Å²) in [5, 5.41) is 0.377. The summed E-state index contributed by atoms with van der Waals surface area (Å²) >= 11 is 5.71. The van der Waals surface area contributed by atoms with Crippen LogP contribution in [0, 0.1) is 0 Å². The highest BCUT2D eigenvalue weighted by molar-refractivity contribution is 6.31. The van der Waals surface area contributed by atoms with Crippen LogP contribution in [0.4, 0.5) is 5.69 Å². The van der Waals surface area contributed by atoms with Crippen molar-refractivity contribution in [2.24, 2.45) is 0 Å². The van der Waals surface area contributed by atoms with Crippen LogP contribution in [0.25, 0.3) is 0 Å². The summed E-state index contributed by atoms with van der Waals surface area (Å²) in [7, 11) is 0. The maximum atomic E-state index is 5.71. The zero-order chi connectivity index (χ0) is 7.84. The molecule has 0 bridgehead atoms. The molecular formula is C7H8ClN3. The smallest absolute Gasteiger partial charge is 0.155 e. The van der Waals surface area contributed by atoms with Crippen LogP contribution >= 0.6 is 11.6 Å². The molecule has 0 amide bonds. The van der Waals surface area contributed by atoms with Crippen LogP contribution in [0.1, 0.15) is 24.6 Å². The molecule has 0 unspecified atom stereocenters. The molecule has 3 nitrogen and oxygen atoms in total. The van der Waals surface area contributed by atoms with Crippen molar-refractivity contribution in [1.82, 2.24) is 9.97 Å². The van der Waals surface area contributed by atoms with Crippen molar-refractivity contribution >= 4 is 17.3 Å². The van der Waals surface area contributed by atoms with Gasteiger partial charge in [-0.25, -0.2) is 9.97 Å². The molecule has 1 fully saturated rings. The van der Waals surface area contributed by atoms with Gasteiger partial charge in [0.1, 0.15) is 5.82 Å². The van der Waals surface area contributed by atoms with E-state index in [4.69, 9.17) is 17.3 Å². The monoisotopic (exact) mass is 169 g/mol. The molecule has 0 spiro atoms. The molecule has 1 heterocycles. The molecule has 0 saturated heterocycles. The fraction of sp³-hybridized carbons (Fsp3) is 0.429. The topological polar surface area (TPSA) is 51.8 Å². The third kappa shape index (κ3) is 1.28. The Morgan fingerprint density at radius 1 is 1.55 bits per heavy atom. The molecule has 1 aromatic rings. The zero-order valence-corrected chi connectivity index (χ0v) is 6.67. The maximum Gasteiger partial charge on any atom is 0.155 e. The van der Waals surface area contributed by atoms with E-state index in [1.54, 1.807) is 6.20 Å². The lowest BCUT2D eigenvalue weighted by atomic mass is 10.4. The first-order valence-corrected chi connectivity index (χ1v) is 3.93. The van der Waals surface area contributed by atoms with E-state index in [-0.39, 0.29) is 0 Å². The Bertz CT molecular complexity index is 283. The predicted octanol–water partition coefficient (Wildman–Crippen LogP) is 1.59. The number of rotatable bonds is 1. The van der Waals surface area contributed by atoms with E-state index in [2.05, 4.69) is 9.97 Å². The average Bonchev–Trinajstić information content (AvgIpc) is 2.77. The number of halogens is 1. The minimum Gasteiger partial charge on any atom is -0.395 e. The highest BCUT2D eigenvalue weighted by Crippen LogP contribution is 2.38. The van der Waals surface area contributed by atoms with Gasteiger partial charge in [-0.15, -0.1) is 0 Å². The number of hydrogen-bond acceptors (Lipinski definition) is 3. The van der Waals surface area contributed by atoms with Gasteiger partial charge in [-0.05, 0) is 12.8 Å². The molecule has 2 N–H and O–H groups in total. The highest BCUT2D eigenvalue weighted by atomic mass is 35.5. The van der Waals surface area contributed by atoms with Crippen LogP contribution in [0.3, 0.4) is 0 Å². The van der Waals surface area contributed by atoms with Crippen LogP contribution < -0.4 is 5.73 Å². The SMILES string of the molecule is Nc1cnc(C2CC2)nc1Cl. The van der Waals surface area contributed by atoms with Crippen LogP contribution in [0.5, 0.6) is 0 Å². The van der Waals surface area contributed by atoms with E-state index < -0.39 is 0 Å². The van der Waals surface area contributed by atoms with E-state index in [0.29, 0.717) is 16.8 Å². The zero-order valence-electron chi connectivity index (χ0n) is 5.92. The maximum absolute atomic E-state index is 5.71. The van der Waals surface area contributed by atoms with Crippen LogP contribution in [-0.2, 0) is 0 Å². The van der Waals surface area contributed by atoms with Gasteiger partial charge >= 0.3 is 0 Å². The van der Waals surface area contributed by atoms with E-state index in [0.717, 1.165) is 5.82 Å². The summed E-state index contributed by atoms with van der Waals surface area (Å²) in [5.74, 6) is 1.37. The van der Waals surface area contributed by atoms with Gasteiger partial charge in [0, 0.05) is 5.92 Å². The molecule has 0 atom stereocenters. The minimum atomic E-state index is 0.377. The molecule has 1 aromatic heterocycles. The summed E-state index contributed by atoms with van der Waals surface area (Å²) in [6.07, 6.45) is 3.93. The second-order valence-electron chi connectivity index (χ2n) is 2.75. The Morgan fingerprint density at radius 3 is 2.82 bits per heavy atom. The fourth-order valence-electron chi connectivity index (χ4n) is 0.921. The van der Waals surface area contributed by atoms with Crippen molar-refractivity contribution in [3.05, 3.63) is 17.2 Å². The lowest BCUT2D eigenvalue weighted by molar-refractivity contribution is 0.929. The van der Waals surface area contributed by atoms with E-state index in [1.165, 1.54) is 12.8 Å². The van der Waals surface area contributed by atoms with E-state index >= 15 is 0 Å². The van der Waals surface area contributed by atoms with Crippen LogP contribution in [-0.4, -0.2) is 9.97 Å². The van der Waals surface area contributed by atoms with Crippen molar-refractivity contribution in [1.29, 1.82) is 0 Å². The number of nitrogen functional groups attached to an aromatic ring is 1. The Labute approximate surface area is 69.6 Å². The molecule has 58 valence electrons. The third-order valence-corrected chi connectivity index (χ3v) is 2.03. The Kier molecular flexibility index (Phi) is 1.46. The van der Waals surface area contributed by atoms with Gasteiger partial charge in [-0.1, -0.05) is 11.6 Å². The number of anilines is 1. The lowest BCUT2D eigenvalue weighted by Crippen LogP contribution is -1.96. The molecule has 2 rings (SSSR count). The van der Waals surface area contributed by atoms with Gasteiger partial charge in [-0.3, -0.25) is 0 Å². The van der Waals surface area contributed by atoms with Crippen molar-refractivity contribution in [3.63, 3.8) is 0 Å². The second-order valence-corrected chi connectivity index (χ2v) is 3.11. The second kappa shape index (κ2) is 2.34. The molecular weight excluding hydrogens is 162 g/mol. The summed E-state index contributed by atoms with van der Waals surface area (Å²) in [6.45, 7) is 0. The molecule has 0 aliphatic heterocycles. The van der Waals surface area contributed by atoms with Gasteiger partial charge < -0.3 is 5.73 Å². The van der Waals surface area contributed by atoms with Crippen molar-refractivity contribution in [2.45, 2.75) is 18.8 Å². The van der Waals surface area contributed by atoms with Gasteiger partial charge in [-0.2, -0.15) is 0 Å². The molecule has 0 radical (unpaired) electrons. The predicted molar refractivity (Wildman–Crippen MR) is 43.4 cm³/mol. The lowest BCUT2D eigenvalue weighted by Gasteiger charge is -1.98. The van der Waals surface area contributed by atoms with Crippen molar-refractivity contribution < 1.29 is 0 Å². The summed E-state index contributed by atoms with van der Waals surface area (Å²) in [6, 6.07) is 0. The standard InChI is InChI=1S/C7H8ClN3/c8-6-5(9)3-10-7(11-6)4-1-2-4/h3-4H,1-2,9H2. The number of hydrogen-bond donors (Lipinski definition) is 1. The average molecular weight is 170 g/mol. The summed E-state index contributed by atoms with van der Waals surface area (Å²) < 4.78 is 0. The normalized spacial score (nSPS) is 16.8. The Hall–Kier alpha value is -0.830. The molecule has 4 heteroatoms. The quantitative estimate of drug-likeness (QED) is 0.650. The van der Waals surface area contributed by atoms with Crippen LogP contribution in [0.2, 0.25) is 5.15 Å². The van der Waals surface area contributed by atoms with Gasteiger partial charge in [0.2, 0.25) is 0 Å². The first kappa shape index (κ1) is 6.85. The van der Waals surface area contributed by atoms with Crippen LogP contribution in [0.15, 0.2) is 6.20 Å². The molecule has 1 aliphatic rings. The fourth-order valence-corrected chi connectivity index (χ4v) is 1.06. The molecule has 0 aromatic carbocycles. The van der Waals surface area contributed by atoms with Gasteiger partial charge in [0.15, 0.2) is 5.15 Å². The summed E-state index contributed by atoms with van der Waals surface area (Å²) in [5.41, 5.74) is 5.91. The number of nitrogens with two attached hydrogens (primary N) is 1. The van der Waals surface area contributed by atoms with Gasteiger partial charge in [0.25, 0.3) is 0 Å². The highest BCUT2D eigenvalue weighted by Gasteiger charge is 2.26. The largest absolute Gasteiger partial charge is 0.395 e. The summed E-state index contributed by atoms with van der Waals surface area (Å²) in [4.78, 5) is 8.14.